The molecule has 0 aliphatic carbocycles. The van der Waals surface area contributed by atoms with E-state index < -0.39 is 0 Å². The number of halogens is 2. The summed E-state index contributed by atoms with van der Waals surface area (Å²) in [4.78, 5) is 14.2. The maximum absolute atomic E-state index is 12.4. The van der Waals surface area contributed by atoms with Gasteiger partial charge in [-0.3, -0.25) is 4.79 Å². The molecule has 1 saturated heterocycles. The highest BCUT2D eigenvalue weighted by atomic mass is 79.9. The van der Waals surface area contributed by atoms with Gasteiger partial charge in [0.25, 0.3) is 5.91 Å². The Morgan fingerprint density at radius 2 is 1.90 bits per heavy atom. The van der Waals surface area contributed by atoms with Crippen LogP contribution in [0, 0.1) is 0 Å². The van der Waals surface area contributed by atoms with Gasteiger partial charge in [-0.2, -0.15) is 0 Å². The molecule has 1 aliphatic heterocycles. The van der Waals surface area contributed by atoms with Crippen LogP contribution in [-0.2, 0) is 0 Å². The fourth-order valence-corrected chi connectivity index (χ4v) is 3.63. The van der Waals surface area contributed by atoms with Crippen LogP contribution in [0.15, 0.2) is 33.3 Å². The van der Waals surface area contributed by atoms with Gasteiger partial charge in [0.05, 0.1) is 11.9 Å². The molecule has 2 aromatic rings. The molecule has 0 atom stereocenters. The normalized spacial score (nSPS) is 15.2. The van der Waals surface area contributed by atoms with Crippen molar-refractivity contribution in [2.45, 2.75) is 19.3 Å². The first-order chi connectivity index (χ1) is 10.1. The molecule has 2 heterocycles. The molecular weight excluding hydrogens is 400 g/mol. The number of likely N-dealkylation sites (tertiary alicyclic amines) is 1. The van der Waals surface area contributed by atoms with Gasteiger partial charge in [0.1, 0.15) is 0 Å². The zero-order chi connectivity index (χ0) is 14.8. The molecule has 5 nitrogen and oxygen atoms in total. The third-order valence-corrected chi connectivity index (χ3v) is 4.64. The van der Waals surface area contributed by atoms with Crippen LogP contribution in [0.2, 0.25) is 0 Å². The molecule has 3 rings (SSSR count). The molecular formula is C14H14Br2N4O. The third kappa shape index (κ3) is 3.18. The van der Waals surface area contributed by atoms with Crippen LogP contribution in [0.1, 0.15) is 29.8 Å². The highest BCUT2D eigenvalue weighted by Gasteiger charge is 2.21. The van der Waals surface area contributed by atoms with Crippen molar-refractivity contribution < 1.29 is 4.79 Å². The summed E-state index contributed by atoms with van der Waals surface area (Å²) >= 11 is 6.91. The van der Waals surface area contributed by atoms with Gasteiger partial charge in [0.15, 0.2) is 5.69 Å². The van der Waals surface area contributed by atoms with E-state index in [9.17, 15) is 4.79 Å². The molecule has 1 aliphatic rings. The molecule has 0 bridgehead atoms. The lowest BCUT2D eigenvalue weighted by molar-refractivity contribution is 0.0718. The molecule has 0 unspecified atom stereocenters. The minimum atomic E-state index is -0.0332. The molecule has 1 aromatic heterocycles. The van der Waals surface area contributed by atoms with E-state index in [2.05, 4.69) is 42.2 Å². The van der Waals surface area contributed by atoms with Gasteiger partial charge in [-0.1, -0.05) is 21.1 Å². The van der Waals surface area contributed by atoms with Gasteiger partial charge in [0.2, 0.25) is 0 Å². The molecule has 110 valence electrons. The SMILES string of the molecule is O=C(c1cn(-c2ccc(Br)cc2Br)nn1)N1CCCCC1. The quantitative estimate of drug-likeness (QED) is 0.757. The lowest BCUT2D eigenvalue weighted by Gasteiger charge is -2.25. The third-order valence-electron chi connectivity index (χ3n) is 3.51. The zero-order valence-corrected chi connectivity index (χ0v) is 14.5. The van der Waals surface area contributed by atoms with Crippen LogP contribution >= 0.6 is 31.9 Å². The van der Waals surface area contributed by atoms with Crippen molar-refractivity contribution in [2.24, 2.45) is 0 Å². The molecule has 0 radical (unpaired) electrons. The van der Waals surface area contributed by atoms with Crippen LogP contribution in [0.5, 0.6) is 0 Å². The monoisotopic (exact) mass is 412 g/mol. The fraction of sp³-hybridized carbons (Fsp3) is 0.357. The first-order valence-corrected chi connectivity index (χ1v) is 8.41. The molecule has 1 amide bonds. The van der Waals surface area contributed by atoms with E-state index in [1.54, 1.807) is 10.9 Å². The summed E-state index contributed by atoms with van der Waals surface area (Å²) in [6.07, 6.45) is 5.02. The Bertz CT molecular complexity index is 665. The van der Waals surface area contributed by atoms with E-state index in [1.165, 1.54) is 6.42 Å². The second-order valence-electron chi connectivity index (χ2n) is 5.00. The molecule has 1 aromatic carbocycles. The minimum Gasteiger partial charge on any atom is -0.337 e. The zero-order valence-electron chi connectivity index (χ0n) is 11.3. The summed E-state index contributed by atoms with van der Waals surface area (Å²) in [5.41, 5.74) is 1.25. The van der Waals surface area contributed by atoms with Crippen LogP contribution < -0.4 is 0 Å². The predicted molar refractivity (Wildman–Crippen MR) is 86.5 cm³/mol. The van der Waals surface area contributed by atoms with Crippen molar-refractivity contribution in [3.8, 4) is 5.69 Å². The number of piperidine rings is 1. The number of amides is 1. The van der Waals surface area contributed by atoms with Gasteiger partial charge in [-0.15, -0.1) is 5.10 Å². The number of aromatic nitrogens is 3. The Kier molecular flexibility index (Phi) is 4.40. The largest absolute Gasteiger partial charge is 0.337 e. The van der Waals surface area contributed by atoms with Gasteiger partial charge in [-0.25, -0.2) is 4.68 Å². The molecule has 21 heavy (non-hydrogen) atoms. The summed E-state index contributed by atoms with van der Waals surface area (Å²) in [6.45, 7) is 1.63. The van der Waals surface area contributed by atoms with E-state index in [1.807, 2.05) is 23.1 Å². The van der Waals surface area contributed by atoms with E-state index >= 15 is 0 Å². The number of carbonyl (C=O) groups excluding carboxylic acids is 1. The van der Waals surface area contributed by atoms with Gasteiger partial charge < -0.3 is 4.90 Å². The summed E-state index contributed by atoms with van der Waals surface area (Å²) in [5.74, 6) is -0.0332. The van der Waals surface area contributed by atoms with Crippen molar-refractivity contribution in [2.75, 3.05) is 13.1 Å². The second-order valence-corrected chi connectivity index (χ2v) is 6.77. The average Bonchev–Trinajstić information content (AvgIpc) is 2.97. The number of hydrogen-bond acceptors (Lipinski definition) is 3. The molecule has 1 fully saturated rings. The lowest BCUT2D eigenvalue weighted by atomic mass is 10.1. The first kappa shape index (κ1) is 14.7. The number of nitrogens with zero attached hydrogens (tertiary/aromatic N) is 4. The summed E-state index contributed by atoms with van der Waals surface area (Å²) < 4.78 is 3.48. The van der Waals surface area contributed by atoms with Crippen LogP contribution in [-0.4, -0.2) is 38.9 Å². The Labute approximate surface area is 139 Å². The standard InChI is InChI=1S/C14H14Br2N4O/c15-10-4-5-13(11(16)8-10)20-9-12(17-18-20)14(21)19-6-2-1-3-7-19/h4-5,8-9H,1-3,6-7H2. The van der Waals surface area contributed by atoms with Crippen molar-refractivity contribution in [1.29, 1.82) is 0 Å². The number of rotatable bonds is 2. The fourth-order valence-electron chi connectivity index (χ4n) is 2.41. The van der Waals surface area contributed by atoms with Crippen LogP contribution in [0.3, 0.4) is 0 Å². The summed E-state index contributed by atoms with van der Waals surface area (Å²) in [5, 5.41) is 8.09. The van der Waals surface area contributed by atoms with Gasteiger partial charge >= 0.3 is 0 Å². The minimum absolute atomic E-state index is 0.0332. The van der Waals surface area contributed by atoms with E-state index in [-0.39, 0.29) is 5.91 Å². The Hall–Kier alpha value is -1.21. The molecule has 0 spiro atoms. The van der Waals surface area contributed by atoms with Gasteiger partial charge in [0, 0.05) is 22.0 Å². The Balaban J connectivity index is 1.84. The Morgan fingerprint density at radius 1 is 1.14 bits per heavy atom. The highest BCUT2D eigenvalue weighted by Crippen LogP contribution is 2.24. The summed E-state index contributed by atoms with van der Waals surface area (Å²) in [6, 6.07) is 5.77. The second kappa shape index (κ2) is 6.27. The smallest absolute Gasteiger partial charge is 0.276 e. The summed E-state index contributed by atoms with van der Waals surface area (Å²) in [7, 11) is 0. The first-order valence-electron chi connectivity index (χ1n) is 6.82. The topological polar surface area (TPSA) is 51.0 Å². The van der Waals surface area contributed by atoms with Crippen LogP contribution in [0.25, 0.3) is 5.69 Å². The van der Waals surface area contributed by atoms with E-state index in [4.69, 9.17) is 0 Å². The molecule has 7 heteroatoms. The maximum Gasteiger partial charge on any atom is 0.276 e. The average molecular weight is 414 g/mol. The van der Waals surface area contributed by atoms with Crippen molar-refractivity contribution in [3.05, 3.63) is 39.0 Å². The maximum atomic E-state index is 12.4. The predicted octanol–water partition coefficient (Wildman–Crippen LogP) is 3.42. The number of benzene rings is 1. The van der Waals surface area contributed by atoms with Crippen molar-refractivity contribution in [3.63, 3.8) is 0 Å². The van der Waals surface area contributed by atoms with Crippen molar-refractivity contribution in [1.82, 2.24) is 19.9 Å². The highest BCUT2D eigenvalue weighted by molar-refractivity contribution is 9.11. The van der Waals surface area contributed by atoms with Crippen molar-refractivity contribution >= 4 is 37.8 Å². The van der Waals surface area contributed by atoms with E-state index in [0.29, 0.717) is 5.69 Å². The number of hydrogen-bond donors (Lipinski definition) is 0. The van der Waals surface area contributed by atoms with Crippen LogP contribution in [0.4, 0.5) is 0 Å². The molecule has 0 N–H and O–H groups in total. The lowest BCUT2D eigenvalue weighted by Crippen LogP contribution is -2.35. The van der Waals surface area contributed by atoms with Gasteiger partial charge in [-0.05, 0) is 53.4 Å². The number of carbonyl (C=O) groups is 1. The Morgan fingerprint density at radius 3 is 2.62 bits per heavy atom. The van der Waals surface area contributed by atoms with E-state index in [0.717, 1.165) is 40.6 Å². The molecule has 0 saturated carbocycles.